The van der Waals surface area contributed by atoms with Crippen molar-refractivity contribution in [2.45, 2.75) is 32.3 Å². The average molecular weight is 290 g/mol. The molecule has 112 valence electrons. The van der Waals surface area contributed by atoms with E-state index in [1.165, 1.54) is 13.8 Å². The Morgan fingerprint density at radius 1 is 1.15 bits per heavy atom. The largest absolute Gasteiger partial charge is 0.481 e. The van der Waals surface area contributed by atoms with E-state index in [1.54, 1.807) is 0 Å². The molecular weight excluding hydrogens is 276 g/mol. The highest BCUT2D eigenvalue weighted by molar-refractivity contribution is 6.14. The van der Waals surface area contributed by atoms with E-state index in [0.717, 1.165) is 0 Å². The second-order valence-electron chi connectivity index (χ2n) is 4.14. The summed E-state index contributed by atoms with van der Waals surface area (Å²) >= 11 is 0. The number of aliphatic carboxylic acids is 2. The fourth-order valence-electron chi connectivity index (χ4n) is 1.06. The maximum absolute atomic E-state index is 11.2. The molecule has 20 heavy (non-hydrogen) atoms. The van der Waals surface area contributed by atoms with Crippen LogP contribution in [-0.4, -0.2) is 50.7 Å². The van der Waals surface area contributed by atoms with Crippen LogP contribution in [0.15, 0.2) is 0 Å². The number of carbonyl (C=O) groups excluding carboxylic acids is 3. The number of cyclic esters (lactones) is 1. The number of nitrogens with two attached hydrogens (primary N) is 1. The van der Waals surface area contributed by atoms with E-state index in [9.17, 15) is 24.0 Å². The third kappa shape index (κ3) is 4.92. The first-order valence-electron chi connectivity index (χ1n) is 5.29. The van der Waals surface area contributed by atoms with E-state index in [-0.39, 0.29) is 17.7 Å². The zero-order valence-corrected chi connectivity index (χ0v) is 10.8. The Morgan fingerprint density at radius 2 is 1.55 bits per heavy atom. The number of carboxylic acids is 2. The van der Waals surface area contributed by atoms with Gasteiger partial charge in [0.25, 0.3) is 5.91 Å². The molecule has 0 atom stereocenters. The number of carboxylic acid groups (broad SMARTS) is 2. The van der Waals surface area contributed by atoms with E-state index in [2.05, 4.69) is 4.74 Å². The van der Waals surface area contributed by atoms with Crippen LogP contribution in [0, 0.1) is 0 Å². The molecule has 1 fully saturated rings. The number of primary amides is 1. The second kappa shape index (κ2) is 6.50. The maximum Gasteiger partial charge on any atom is 0.426 e. The highest BCUT2D eigenvalue weighted by Crippen LogP contribution is 2.22. The van der Waals surface area contributed by atoms with Gasteiger partial charge in [-0.25, -0.2) is 9.59 Å². The summed E-state index contributed by atoms with van der Waals surface area (Å²) in [6.45, 7) is 2.77. The van der Waals surface area contributed by atoms with E-state index < -0.39 is 35.6 Å². The average Bonchev–Trinajstić information content (AvgIpc) is 2.45. The molecule has 10 heteroatoms. The molecule has 1 aliphatic heterocycles. The molecule has 4 N–H and O–H groups in total. The van der Waals surface area contributed by atoms with Crippen molar-refractivity contribution in [3.05, 3.63) is 0 Å². The van der Waals surface area contributed by atoms with Crippen molar-refractivity contribution in [2.24, 2.45) is 5.73 Å². The Bertz CT molecular complexity index is 442. The number of imide groups is 3. The van der Waals surface area contributed by atoms with Crippen LogP contribution in [0.4, 0.5) is 9.59 Å². The topological polar surface area (TPSA) is 164 Å². The Morgan fingerprint density at radius 3 is 1.70 bits per heavy atom. The summed E-state index contributed by atoms with van der Waals surface area (Å²) < 4.78 is 4.57. The Hall–Kier alpha value is -2.65. The van der Waals surface area contributed by atoms with Gasteiger partial charge >= 0.3 is 24.1 Å². The third-order valence-electron chi connectivity index (χ3n) is 2.02. The lowest BCUT2D eigenvalue weighted by atomic mass is 10.1. The van der Waals surface area contributed by atoms with Gasteiger partial charge in [0.2, 0.25) is 0 Å². The molecule has 1 aliphatic rings. The van der Waals surface area contributed by atoms with Gasteiger partial charge in [-0.2, -0.15) is 4.90 Å². The fraction of sp³-hybridized carbons (Fsp3) is 0.500. The van der Waals surface area contributed by atoms with Crippen molar-refractivity contribution >= 4 is 30.0 Å². The predicted molar refractivity (Wildman–Crippen MR) is 61.5 cm³/mol. The van der Waals surface area contributed by atoms with Crippen molar-refractivity contribution < 1.29 is 38.9 Å². The van der Waals surface area contributed by atoms with Crippen molar-refractivity contribution in [2.75, 3.05) is 0 Å². The highest BCUT2D eigenvalue weighted by atomic mass is 16.6. The summed E-state index contributed by atoms with van der Waals surface area (Å²) in [5.41, 5.74) is 3.48. The Labute approximate surface area is 113 Å². The van der Waals surface area contributed by atoms with Crippen molar-refractivity contribution in [1.29, 1.82) is 0 Å². The van der Waals surface area contributed by atoms with E-state index >= 15 is 0 Å². The SMILES string of the molecule is CC1(C)OC(=O)N(C(N)=O)C1=O.O=C(O)CCC(=O)O. The summed E-state index contributed by atoms with van der Waals surface area (Å²) in [7, 11) is 0. The van der Waals surface area contributed by atoms with Gasteiger partial charge in [0, 0.05) is 0 Å². The van der Waals surface area contributed by atoms with Gasteiger partial charge in [-0.1, -0.05) is 0 Å². The van der Waals surface area contributed by atoms with Gasteiger partial charge in [-0.3, -0.25) is 14.4 Å². The molecule has 0 aromatic rings. The molecule has 10 nitrogen and oxygen atoms in total. The lowest BCUT2D eigenvalue weighted by Crippen LogP contribution is -2.43. The molecular formula is C10H14N2O8. The van der Waals surface area contributed by atoms with Crippen molar-refractivity contribution in [3.63, 3.8) is 0 Å². The molecule has 0 saturated carbocycles. The molecule has 0 aromatic carbocycles. The first kappa shape index (κ1) is 17.4. The zero-order valence-electron chi connectivity index (χ0n) is 10.8. The summed E-state index contributed by atoms with van der Waals surface area (Å²) in [6.07, 6.45) is -1.61. The van der Waals surface area contributed by atoms with Crippen molar-refractivity contribution in [1.82, 2.24) is 4.90 Å². The van der Waals surface area contributed by atoms with Gasteiger partial charge in [-0.05, 0) is 13.8 Å². The number of urea groups is 1. The number of amides is 4. The summed E-state index contributed by atoms with van der Waals surface area (Å²) in [4.78, 5) is 52.1. The molecule has 0 spiro atoms. The third-order valence-corrected chi connectivity index (χ3v) is 2.02. The lowest BCUT2D eigenvalue weighted by molar-refractivity contribution is -0.143. The molecule has 1 heterocycles. The number of ether oxygens (including phenoxy) is 1. The number of carbonyl (C=O) groups is 5. The van der Waals surface area contributed by atoms with Crippen LogP contribution in [0.25, 0.3) is 0 Å². The second-order valence-corrected chi connectivity index (χ2v) is 4.14. The summed E-state index contributed by atoms with van der Waals surface area (Å²) in [5, 5.41) is 15.8. The Kier molecular flexibility index (Phi) is 5.64. The Balaban J connectivity index is 0.000000396. The minimum absolute atomic E-state index is 0.278. The molecule has 1 saturated heterocycles. The van der Waals surface area contributed by atoms with Gasteiger partial charge in [-0.15, -0.1) is 0 Å². The lowest BCUT2D eigenvalue weighted by Gasteiger charge is -2.10. The van der Waals surface area contributed by atoms with Gasteiger partial charge in [0.1, 0.15) is 0 Å². The first-order valence-corrected chi connectivity index (χ1v) is 5.29. The van der Waals surface area contributed by atoms with Crippen molar-refractivity contribution in [3.8, 4) is 0 Å². The number of rotatable bonds is 3. The monoisotopic (exact) mass is 290 g/mol. The van der Waals surface area contributed by atoms with Crippen LogP contribution in [-0.2, 0) is 19.1 Å². The first-order chi connectivity index (χ1) is 8.99. The van der Waals surface area contributed by atoms with Crippen LogP contribution in [0.1, 0.15) is 26.7 Å². The molecule has 4 amide bonds. The van der Waals surface area contributed by atoms with Crippen LogP contribution in [0.3, 0.4) is 0 Å². The van der Waals surface area contributed by atoms with Crippen LogP contribution in [0.5, 0.6) is 0 Å². The molecule has 0 bridgehead atoms. The molecule has 1 rings (SSSR count). The summed E-state index contributed by atoms with van der Waals surface area (Å²) in [6, 6.07) is -1.12. The van der Waals surface area contributed by atoms with Crippen LogP contribution in [0.2, 0.25) is 0 Å². The molecule has 0 unspecified atom stereocenters. The predicted octanol–water partition coefficient (Wildman–Crippen LogP) is -0.242. The minimum Gasteiger partial charge on any atom is -0.481 e. The standard InChI is InChI=1S/C6H8N2O4.C4H6O4/c1-6(2)3(9)8(4(7)10)5(11)12-6;5-3(6)1-2-4(7)8/h1-2H3,(H2,7,10);1-2H2,(H,5,6)(H,7,8). The van der Waals surface area contributed by atoms with Gasteiger partial charge < -0.3 is 20.7 Å². The van der Waals surface area contributed by atoms with Crippen LogP contribution >= 0.6 is 0 Å². The zero-order chi connectivity index (χ0) is 16.1. The van der Waals surface area contributed by atoms with Gasteiger partial charge in [0.15, 0.2) is 5.60 Å². The number of nitrogens with zero attached hydrogens (tertiary/aromatic N) is 1. The molecule has 0 radical (unpaired) electrons. The van der Waals surface area contributed by atoms with Crippen LogP contribution < -0.4 is 5.73 Å². The van der Waals surface area contributed by atoms with Gasteiger partial charge in [0.05, 0.1) is 12.8 Å². The fourth-order valence-corrected chi connectivity index (χ4v) is 1.06. The highest BCUT2D eigenvalue weighted by Gasteiger charge is 2.49. The normalized spacial score (nSPS) is 16.0. The number of hydrogen-bond donors (Lipinski definition) is 3. The molecule has 0 aromatic heterocycles. The maximum atomic E-state index is 11.2. The summed E-state index contributed by atoms with van der Waals surface area (Å²) in [5.74, 6) is -2.89. The smallest absolute Gasteiger partial charge is 0.426 e. The minimum atomic E-state index is -1.29. The molecule has 0 aliphatic carbocycles. The number of hydrogen-bond acceptors (Lipinski definition) is 6. The quantitative estimate of drug-likeness (QED) is 0.640. The van der Waals surface area contributed by atoms with E-state index in [4.69, 9.17) is 15.9 Å². The van der Waals surface area contributed by atoms with E-state index in [1.807, 2.05) is 0 Å². The van der Waals surface area contributed by atoms with E-state index in [0.29, 0.717) is 0 Å².